The summed E-state index contributed by atoms with van der Waals surface area (Å²) in [4.78, 5) is 5.07. The number of likely N-dealkylation sites (tertiary alicyclic amines) is 2. The fraction of sp³-hybridized carbons (Fsp3) is 1.00. The van der Waals surface area contributed by atoms with E-state index in [1.54, 1.807) is 0 Å². The zero-order valence-corrected chi connectivity index (χ0v) is 23.1. The highest BCUT2D eigenvalue weighted by Gasteiger charge is 2.44. The first-order valence-corrected chi connectivity index (χ1v) is 13.0. The van der Waals surface area contributed by atoms with E-state index >= 15 is 0 Å². The summed E-state index contributed by atoms with van der Waals surface area (Å²) < 4.78 is 0. The van der Waals surface area contributed by atoms with E-state index in [2.05, 4.69) is 95.2 Å². The lowest BCUT2D eigenvalue weighted by Crippen LogP contribution is -2.62. The summed E-state index contributed by atoms with van der Waals surface area (Å²) >= 11 is 0. The average molecular weight is 453 g/mol. The molecule has 0 aromatic rings. The molecule has 2 rings (SSSR count). The summed E-state index contributed by atoms with van der Waals surface area (Å²) in [5.74, 6) is 0.573. The van der Waals surface area contributed by atoms with Gasteiger partial charge in [-0.3, -0.25) is 9.80 Å². The minimum Gasteiger partial charge on any atom is -0.326 e. The van der Waals surface area contributed by atoms with Crippen molar-refractivity contribution in [2.75, 3.05) is 46.8 Å². The maximum atomic E-state index is 6.62. The number of hydrogen-bond acceptors (Lipinski definition) is 6. The molecule has 0 aromatic heterocycles. The monoisotopic (exact) mass is 452 g/mol. The van der Waals surface area contributed by atoms with E-state index in [4.69, 9.17) is 5.73 Å². The first kappa shape index (κ1) is 28.0. The van der Waals surface area contributed by atoms with Crippen molar-refractivity contribution in [1.29, 1.82) is 0 Å². The molecule has 0 amide bonds. The summed E-state index contributed by atoms with van der Waals surface area (Å²) in [6, 6.07) is 0.817. The Balaban J connectivity index is 1.59. The largest absolute Gasteiger partial charge is 0.326 e. The average Bonchev–Trinajstić information content (AvgIpc) is 2.65. The van der Waals surface area contributed by atoms with Gasteiger partial charge in [-0.15, -0.1) is 0 Å². The Kier molecular flexibility index (Phi) is 9.25. The Labute approximate surface area is 199 Å². The Bertz CT molecular complexity index is 549. The van der Waals surface area contributed by atoms with Crippen LogP contribution in [0.1, 0.15) is 81.1 Å². The van der Waals surface area contributed by atoms with Gasteiger partial charge in [-0.05, 0) is 101 Å². The van der Waals surface area contributed by atoms with E-state index in [9.17, 15) is 0 Å². The Morgan fingerprint density at radius 2 is 1.09 bits per heavy atom. The fourth-order valence-corrected chi connectivity index (χ4v) is 6.37. The van der Waals surface area contributed by atoms with Crippen molar-refractivity contribution in [3.05, 3.63) is 0 Å². The van der Waals surface area contributed by atoms with Crippen LogP contribution >= 0.6 is 0 Å². The van der Waals surface area contributed by atoms with Gasteiger partial charge in [0.05, 0.1) is 0 Å². The molecule has 6 nitrogen and oxygen atoms in total. The molecular weight excluding hydrogens is 396 g/mol. The van der Waals surface area contributed by atoms with Gasteiger partial charge in [0.2, 0.25) is 0 Å². The predicted octanol–water partition coefficient (Wildman–Crippen LogP) is 2.63. The number of nitrogens with one attached hydrogen (secondary N) is 3. The van der Waals surface area contributed by atoms with Crippen LogP contribution in [0.3, 0.4) is 0 Å². The van der Waals surface area contributed by atoms with Gasteiger partial charge in [0.25, 0.3) is 0 Å². The van der Waals surface area contributed by atoms with Crippen LogP contribution in [-0.2, 0) is 0 Å². The minimum atomic E-state index is 0.205. The first-order valence-electron chi connectivity index (χ1n) is 13.0. The van der Waals surface area contributed by atoms with Gasteiger partial charge in [-0.25, -0.2) is 0 Å². The van der Waals surface area contributed by atoms with E-state index in [1.807, 2.05) is 0 Å². The third-order valence-electron chi connectivity index (χ3n) is 8.85. The van der Waals surface area contributed by atoms with Crippen LogP contribution in [0.15, 0.2) is 0 Å². The molecule has 0 saturated carbocycles. The van der Waals surface area contributed by atoms with Gasteiger partial charge in [-0.1, -0.05) is 0 Å². The Morgan fingerprint density at radius 1 is 0.688 bits per heavy atom. The van der Waals surface area contributed by atoms with Crippen LogP contribution < -0.4 is 21.7 Å². The van der Waals surface area contributed by atoms with Crippen molar-refractivity contribution >= 4 is 0 Å². The summed E-state index contributed by atoms with van der Waals surface area (Å²) in [5, 5.41) is 11.0. The van der Waals surface area contributed by atoms with E-state index in [0.717, 1.165) is 32.7 Å². The molecule has 2 fully saturated rings. The van der Waals surface area contributed by atoms with E-state index < -0.39 is 0 Å². The smallest absolute Gasteiger partial charge is 0.0195 e. The molecule has 5 N–H and O–H groups in total. The minimum absolute atomic E-state index is 0.205. The van der Waals surface area contributed by atoms with Crippen molar-refractivity contribution in [3.8, 4) is 0 Å². The van der Waals surface area contributed by atoms with Crippen molar-refractivity contribution in [3.63, 3.8) is 0 Å². The van der Waals surface area contributed by atoms with Crippen LogP contribution in [0.25, 0.3) is 0 Å². The molecule has 0 bridgehead atoms. The third-order valence-corrected chi connectivity index (χ3v) is 8.85. The molecule has 190 valence electrons. The van der Waals surface area contributed by atoms with Crippen LogP contribution in [-0.4, -0.2) is 90.9 Å². The Morgan fingerprint density at radius 3 is 1.59 bits per heavy atom. The van der Waals surface area contributed by atoms with Crippen LogP contribution in [0.2, 0.25) is 0 Å². The van der Waals surface area contributed by atoms with E-state index in [1.165, 1.54) is 25.7 Å². The van der Waals surface area contributed by atoms with Gasteiger partial charge in [0, 0.05) is 67.0 Å². The van der Waals surface area contributed by atoms with Gasteiger partial charge in [0.15, 0.2) is 0 Å². The normalized spacial score (nSPS) is 27.5. The van der Waals surface area contributed by atoms with E-state index in [-0.39, 0.29) is 28.2 Å². The third kappa shape index (κ3) is 7.13. The first-order chi connectivity index (χ1) is 14.6. The van der Waals surface area contributed by atoms with Gasteiger partial charge in [-0.2, -0.15) is 0 Å². The van der Waals surface area contributed by atoms with E-state index in [0.29, 0.717) is 12.0 Å². The van der Waals surface area contributed by atoms with Crippen molar-refractivity contribution in [2.24, 2.45) is 11.7 Å². The van der Waals surface area contributed by atoms with Crippen molar-refractivity contribution < 1.29 is 0 Å². The molecule has 1 unspecified atom stereocenters. The van der Waals surface area contributed by atoms with Crippen molar-refractivity contribution in [1.82, 2.24) is 25.8 Å². The molecular formula is C26H56N6. The van der Waals surface area contributed by atoms with Gasteiger partial charge < -0.3 is 21.7 Å². The molecule has 1 atom stereocenters. The van der Waals surface area contributed by atoms with Crippen LogP contribution in [0.4, 0.5) is 0 Å². The lowest BCUT2D eigenvalue weighted by Gasteiger charge is -2.54. The lowest BCUT2D eigenvalue weighted by molar-refractivity contribution is -0.0354. The van der Waals surface area contributed by atoms with Crippen molar-refractivity contribution in [2.45, 2.75) is 115 Å². The van der Waals surface area contributed by atoms with Gasteiger partial charge in [0.1, 0.15) is 0 Å². The second-order valence-electron chi connectivity index (χ2n) is 13.2. The van der Waals surface area contributed by atoms with Crippen LogP contribution in [0.5, 0.6) is 0 Å². The highest BCUT2D eigenvalue weighted by Crippen LogP contribution is 2.41. The Hall–Kier alpha value is -0.240. The SMILES string of the molecule is CN1C(C)(C)CC(NCCNCCNCC(N)C2CC(C)(C)N(C)C(C)(C)C2)CC1(C)C. The lowest BCUT2D eigenvalue weighted by atomic mass is 9.71. The number of nitrogens with zero attached hydrogens (tertiary/aromatic N) is 2. The summed E-state index contributed by atoms with van der Waals surface area (Å²) in [6.07, 6.45) is 4.75. The molecule has 2 heterocycles. The molecule has 2 aliphatic heterocycles. The summed E-state index contributed by atoms with van der Waals surface area (Å²) in [7, 11) is 4.53. The zero-order chi connectivity index (χ0) is 24.4. The number of piperidine rings is 2. The zero-order valence-electron chi connectivity index (χ0n) is 23.1. The molecule has 2 saturated heterocycles. The summed E-state index contributed by atoms with van der Waals surface area (Å²) in [6.45, 7) is 23.8. The highest BCUT2D eigenvalue weighted by atomic mass is 15.2. The second-order valence-corrected chi connectivity index (χ2v) is 13.2. The molecule has 6 heteroatoms. The maximum absolute atomic E-state index is 6.62. The van der Waals surface area contributed by atoms with Gasteiger partial charge >= 0.3 is 0 Å². The summed E-state index contributed by atoms with van der Waals surface area (Å²) in [5.41, 5.74) is 7.52. The number of rotatable bonds is 10. The molecule has 2 aliphatic rings. The fourth-order valence-electron chi connectivity index (χ4n) is 6.37. The predicted molar refractivity (Wildman–Crippen MR) is 139 cm³/mol. The molecule has 0 aromatic carbocycles. The van der Waals surface area contributed by atoms with Crippen LogP contribution in [0, 0.1) is 5.92 Å². The standard InChI is InChI=1S/C26H56N6/c1-23(2)15-20(16-24(3,4)31(23)9)22(27)19-29-12-11-28-13-14-30-21-17-25(5,6)32(10)26(7,8)18-21/h20-22,28-30H,11-19,27H2,1-10H3. The molecule has 32 heavy (non-hydrogen) atoms. The maximum Gasteiger partial charge on any atom is 0.0195 e. The number of hydrogen-bond donors (Lipinski definition) is 4. The quantitative estimate of drug-likeness (QED) is 0.382. The highest BCUT2D eigenvalue weighted by molar-refractivity contribution is 5.01. The molecule has 0 spiro atoms. The molecule has 0 radical (unpaired) electrons. The number of nitrogens with two attached hydrogens (primary N) is 1. The second kappa shape index (κ2) is 10.6. The molecule has 0 aliphatic carbocycles. The topological polar surface area (TPSA) is 68.6 Å².